The highest BCUT2D eigenvalue weighted by Gasteiger charge is 2.10. The third-order valence-electron chi connectivity index (χ3n) is 1.52. The van der Waals surface area contributed by atoms with Crippen LogP contribution in [0.15, 0.2) is 21.5 Å². The molecule has 1 N–H and O–H groups in total. The standard InChI is InChI=1S/C9H9BrClNOS/c1-5-3-7(14-8(5)10)9(13)12-4-6(2)11/h3H,2,4H2,1H3,(H,12,13). The maximum absolute atomic E-state index is 11.5. The summed E-state index contributed by atoms with van der Waals surface area (Å²) in [5.41, 5.74) is 1.06. The quantitative estimate of drug-likeness (QED) is 0.910. The second-order valence-corrected chi connectivity index (χ2v) is 5.67. The minimum Gasteiger partial charge on any atom is -0.346 e. The summed E-state index contributed by atoms with van der Waals surface area (Å²) >= 11 is 10.3. The molecule has 0 aliphatic heterocycles. The van der Waals surface area contributed by atoms with Crippen molar-refractivity contribution < 1.29 is 4.79 Å². The number of thiophene rings is 1. The van der Waals surface area contributed by atoms with E-state index in [0.29, 0.717) is 16.5 Å². The molecule has 14 heavy (non-hydrogen) atoms. The number of carbonyl (C=O) groups is 1. The Hall–Kier alpha value is -0.320. The number of amides is 1. The van der Waals surface area contributed by atoms with Gasteiger partial charge in [0.2, 0.25) is 0 Å². The zero-order valence-corrected chi connectivity index (χ0v) is 10.7. The molecule has 5 heteroatoms. The first-order chi connectivity index (χ1) is 6.50. The van der Waals surface area contributed by atoms with Gasteiger partial charge in [-0.1, -0.05) is 18.2 Å². The largest absolute Gasteiger partial charge is 0.346 e. The topological polar surface area (TPSA) is 29.1 Å². The van der Waals surface area contributed by atoms with Gasteiger partial charge in [0.1, 0.15) is 0 Å². The van der Waals surface area contributed by atoms with Crippen LogP contribution in [0.5, 0.6) is 0 Å². The van der Waals surface area contributed by atoms with Crippen LogP contribution in [-0.4, -0.2) is 12.5 Å². The summed E-state index contributed by atoms with van der Waals surface area (Å²) in [7, 11) is 0. The Kier molecular flexibility index (Phi) is 4.16. The maximum Gasteiger partial charge on any atom is 0.261 e. The zero-order chi connectivity index (χ0) is 10.7. The molecule has 76 valence electrons. The molecule has 0 atom stereocenters. The molecule has 0 spiro atoms. The van der Waals surface area contributed by atoms with Crippen LogP contribution >= 0.6 is 38.9 Å². The van der Waals surface area contributed by atoms with Gasteiger partial charge in [-0.15, -0.1) is 11.3 Å². The van der Waals surface area contributed by atoms with Gasteiger partial charge in [-0.25, -0.2) is 0 Å². The van der Waals surface area contributed by atoms with Gasteiger partial charge in [-0.3, -0.25) is 4.79 Å². The first-order valence-corrected chi connectivity index (χ1v) is 5.87. The van der Waals surface area contributed by atoms with Gasteiger partial charge >= 0.3 is 0 Å². The van der Waals surface area contributed by atoms with Crippen LogP contribution in [0.25, 0.3) is 0 Å². The fourth-order valence-corrected chi connectivity index (χ4v) is 2.35. The molecular weight excluding hydrogens is 286 g/mol. The van der Waals surface area contributed by atoms with E-state index in [1.165, 1.54) is 11.3 Å². The van der Waals surface area contributed by atoms with Crippen molar-refractivity contribution in [2.24, 2.45) is 0 Å². The minimum absolute atomic E-state index is 0.120. The van der Waals surface area contributed by atoms with Crippen molar-refractivity contribution in [2.45, 2.75) is 6.92 Å². The lowest BCUT2D eigenvalue weighted by Crippen LogP contribution is -2.23. The number of aryl methyl sites for hydroxylation is 1. The van der Waals surface area contributed by atoms with E-state index >= 15 is 0 Å². The second-order valence-electron chi connectivity index (χ2n) is 2.77. The fraction of sp³-hybridized carbons (Fsp3) is 0.222. The van der Waals surface area contributed by atoms with Gasteiger partial charge in [0.05, 0.1) is 15.2 Å². The Morgan fingerprint density at radius 1 is 1.79 bits per heavy atom. The molecule has 0 saturated carbocycles. The third kappa shape index (κ3) is 3.12. The molecule has 1 heterocycles. The van der Waals surface area contributed by atoms with E-state index in [4.69, 9.17) is 11.6 Å². The maximum atomic E-state index is 11.5. The summed E-state index contributed by atoms with van der Waals surface area (Å²) in [6, 6.07) is 1.83. The van der Waals surface area contributed by atoms with Crippen molar-refractivity contribution in [3.63, 3.8) is 0 Å². The van der Waals surface area contributed by atoms with Crippen molar-refractivity contribution >= 4 is 44.8 Å². The summed E-state index contributed by atoms with van der Waals surface area (Å²) in [5.74, 6) is -0.120. The molecule has 0 aromatic carbocycles. The molecule has 1 amide bonds. The Bertz CT molecular complexity index is 355. The van der Waals surface area contributed by atoms with Crippen molar-refractivity contribution in [3.8, 4) is 0 Å². The summed E-state index contributed by atoms with van der Waals surface area (Å²) in [6.45, 7) is 5.73. The molecular formula is C9H9BrClNOS. The van der Waals surface area contributed by atoms with Gasteiger partial charge in [-0.2, -0.15) is 0 Å². The van der Waals surface area contributed by atoms with Crippen molar-refractivity contribution in [2.75, 3.05) is 6.54 Å². The molecule has 0 aliphatic carbocycles. The first kappa shape index (κ1) is 11.8. The summed E-state index contributed by atoms with van der Waals surface area (Å²) in [5, 5.41) is 3.08. The molecule has 0 saturated heterocycles. The second kappa shape index (κ2) is 4.96. The molecule has 2 nitrogen and oxygen atoms in total. The Morgan fingerprint density at radius 2 is 2.43 bits per heavy atom. The lowest BCUT2D eigenvalue weighted by molar-refractivity contribution is 0.0961. The predicted octanol–water partition coefficient (Wildman–Crippen LogP) is 3.30. The molecule has 1 aromatic heterocycles. The SMILES string of the molecule is C=C(Cl)CNC(=O)c1cc(C)c(Br)s1. The molecule has 0 unspecified atom stereocenters. The number of halogens is 2. The number of hydrogen-bond donors (Lipinski definition) is 1. The highest BCUT2D eigenvalue weighted by Crippen LogP contribution is 2.27. The summed E-state index contributed by atoms with van der Waals surface area (Å²) in [4.78, 5) is 12.2. The van der Waals surface area contributed by atoms with Crippen LogP contribution in [0.1, 0.15) is 15.2 Å². The first-order valence-electron chi connectivity index (χ1n) is 3.88. The van der Waals surface area contributed by atoms with Crippen molar-refractivity contribution in [1.29, 1.82) is 0 Å². The van der Waals surface area contributed by atoms with E-state index in [0.717, 1.165) is 9.35 Å². The molecule has 0 bridgehead atoms. The van der Waals surface area contributed by atoms with E-state index in [1.54, 1.807) is 0 Å². The van der Waals surface area contributed by atoms with Crippen LogP contribution in [0.2, 0.25) is 0 Å². The molecule has 0 radical (unpaired) electrons. The highest BCUT2D eigenvalue weighted by atomic mass is 79.9. The average Bonchev–Trinajstić information content (AvgIpc) is 2.43. The van der Waals surface area contributed by atoms with Crippen LogP contribution < -0.4 is 5.32 Å². The monoisotopic (exact) mass is 293 g/mol. The van der Waals surface area contributed by atoms with E-state index < -0.39 is 0 Å². The lowest BCUT2D eigenvalue weighted by atomic mass is 10.3. The Morgan fingerprint density at radius 3 is 2.86 bits per heavy atom. The Balaban J connectivity index is 2.65. The van der Waals surface area contributed by atoms with Crippen molar-refractivity contribution in [1.82, 2.24) is 5.32 Å². The summed E-state index contributed by atoms with van der Waals surface area (Å²) < 4.78 is 0.979. The minimum atomic E-state index is -0.120. The van der Waals surface area contributed by atoms with Crippen LogP contribution in [0.4, 0.5) is 0 Å². The number of rotatable bonds is 3. The van der Waals surface area contributed by atoms with Crippen LogP contribution in [-0.2, 0) is 0 Å². The normalized spacial score (nSPS) is 9.93. The smallest absolute Gasteiger partial charge is 0.261 e. The average molecular weight is 295 g/mol. The highest BCUT2D eigenvalue weighted by molar-refractivity contribution is 9.11. The molecule has 1 aromatic rings. The van der Waals surface area contributed by atoms with Crippen LogP contribution in [0, 0.1) is 6.92 Å². The summed E-state index contributed by atoms with van der Waals surface area (Å²) in [6.07, 6.45) is 0. The van der Waals surface area contributed by atoms with E-state index in [9.17, 15) is 4.79 Å². The number of hydrogen-bond acceptors (Lipinski definition) is 2. The van der Waals surface area contributed by atoms with Gasteiger partial charge in [0.15, 0.2) is 0 Å². The predicted molar refractivity (Wildman–Crippen MR) is 64.1 cm³/mol. The van der Waals surface area contributed by atoms with Gasteiger partial charge in [0.25, 0.3) is 5.91 Å². The molecule has 0 fully saturated rings. The zero-order valence-electron chi connectivity index (χ0n) is 7.56. The van der Waals surface area contributed by atoms with Gasteiger partial charge in [0, 0.05) is 5.03 Å². The molecule has 1 rings (SSSR count). The Labute approximate surface area is 100 Å². The number of nitrogens with one attached hydrogen (secondary N) is 1. The lowest BCUT2D eigenvalue weighted by Gasteiger charge is -2.00. The van der Waals surface area contributed by atoms with Gasteiger partial charge in [-0.05, 0) is 34.5 Å². The van der Waals surface area contributed by atoms with Crippen LogP contribution in [0.3, 0.4) is 0 Å². The van der Waals surface area contributed by atoms with E-state index in [2.05, 4.69) is 27.8 Å². The molecule has 0 aliphatic rings. The third-order valence-corrected chi connectivity index (χ3v) is 3.79. The van der Waals surface area contributed by atoms with Gasteiger partial charge < -0.3 is 5.32 Å². The van der Waals surface area contributed by atoms with Crippen molar-refractivity contribution in [3.05, 3.63) is 31.9 Å². The fourth-order valence-electron chi connectivity index (χ4n) is 0.835. The van der Waals surface area contributed by atoms with E-state index in [1.807, 2.05) is 13.0 Å². The number of carbonyl (C=O) groups excluding carboxylic acids is 1. The van der Waals surface area contributed by atoms with E-state index in [-0.39, 0.29) is 5.91 Å².